The van der Waals surface area contributed by atoms with Crippen molar-refractivity contribution in [2.24, 2.45) is 5.14 Å². The number of anilines is 1. The lowest BCUT2D eigenvalue weighted by Gasteiger charge is -2.08. The van der Waals surface area contributed by atoms with Gasteiger partial charge in [-0.05, 0) is 48.9 Å². The van der Waals surface area contributed by atoms with Crippen LogP contribution in [0.5, 0.6) is 0 Å². The smallest absolute Gasteiger partial charge is 0.238 e. The molecule has 0 saturated carbocycles. The van der Waals surface area contributed by atoms with Crippen LogP contribution in [-0.4, -0.2) is 19.3 Å². The van der Waals surface area contributed by atoms with Gasteiger partial charge in [0.25, 0.3) is 0 Å². The van der Waals surface area contributed by atoms with Gasteiger partial charge < -0.3 is 9.73 Å². The van der Waals surface area contributed by atoms with Gasteiger partial charge >= 0.3 is 0 Å². The van der Waals surface area contributed by atoms with E-state index in [-0.39, 0.29) is 29.5 Å². The molecule has 2 aromatic carbocycles. The average Bonchev–Trinajstić information content (AvgIpc) is 3.10. The molecular weight excluding hydrogens is 385 g/mol. The molecule has 0 spiro atoms. The van der Waals surface area contributed by atoms with Crippen LogP contribution in [0.3, 0.4) is 0 Å². The number of oxazole rings is 1. The van der Waals surface area contributed by atoms with Gasteiger partial charge in [-0.25, -0.2) is 22.9 Å². The fourth-order valence-electron chi connectivity index (χ4n) is 2.60. The van der Waals surface area contributed by atoms with Crippen molar-refractivity contribution in [2.45, 2.75) is 24.7 Å². The van der Waals surface area contributed by atoms with E-state index in [1.54, 1.807) is 31.2 Å². The van der Waals surface area contributed by atoms with Crippen LogP contribution in [0.15, 0.2) is 58.0 Å². The van der Waals surface area contributed by atoms with Crippen LogP contribution in [0.1, 0.15) is 17.9 Å². The number of sulfonamides is 1. The molecule has 0 fully saturated rings. The SMILES string of the molecule is Cc1ccc(NC(=O)CCc2ncc(-c3ccc(F)cc3)o2)cc1S(N)(=O)=O. The van der Waals surface area contributed by atoms with Crippen LogP contribution in [0.2, 0.25) is 0 Å². The summed E-state index contributed by atoms with van der Waals surface area (Å²) >= 11 is 0. The highest BCUT2D eigenvalue weighted by Crippen LogP contribution is 2.22. The van der Waals surface area contributed by atoms with Gasteiger partial charge in [-0.15, -0.1) is 0 Å². The van der Waals surface area contributed by atoms with Crippen LogP contribution >= 0.6 is 0 Å². The van der Waals surface area contributed by atoms with Crippen molar-refractivity contribution < 1.29 is 22.0 Å². The molecule has 146 valence electrons. The first-order chi connectivity index (χ1) is 13.2. The van der Waals surface area contributed by atoms with Crippen molar-refractivity contribution in [2.75, 3.05) is 5.32 Å². The van der Waals surface area contributed by atoms with Crippen LogP contribution in [0, 0.1) is 12.7 Å². The van der Waals surface area contributed by atoms with E-state index in [1.807, 2.05) is 0 Å². The second kappa shape index (κ2) is 7.91. The van der Waals surface area contributed by atoms with Gasteiger partial charge in [0.05, 0.1) is 11.1 Å². The number of nitrogens with one attached hydrogen (secondary N) is 1. The minimum atomic E-state index is -3.87. The van der Waals surface area contributed by atoms with E-state index >= 15 is 0 Å². The largest absolute Gasteiger partial charge is 0.441 e. The maximum absolute atomic E-state index is 13.0. The molecule has 3 N–H and O–H groups in total. The van der Waals surface area contributed by atoms with Crippen LogP contribution < -0.4 is 10.5 Å². The zero-order chi connectivity index (χ0) is 20.3. The lowest BCUT2D eigenvalue weighted by atomic mass is 10.2. The quantitative estimate of drug-likeness (QED) is 0.656. The standard InChI is InChI=1S/C19H18FN3O4S/c1-12-2-7-15(10-17(12)28(21,25)26)23-18(24)8-9-19-22-11-16(27-19)13-3-5-14(20)6-4-13/h2-7,10-11H,8-9H2,1H3,(H,23,24)(H2,21,25,26). The first kappa shape index (κ1) is 19.7. The molecule has 1 aromatic heterocycles. The summed E-state index contributed by atoms with van der Waals surface area (Å²) in [5, 5.41) is 7.80. The van der Waals surface area contributed by atoms with Gasteiger partial charge in [0.2, 0.25) is 15.9 Å². The maximum atomic E-state index is 13.0. The predicted molar refractivity (Wildman–Crippen MR) is 101 cm³/mol. The Labute approximate surface area is 161 Å². The molecule has 3 rings (SSSR count). The third kappa shape index (κ3) is 4.81. The Hall–Kier alpha value is -3.04. The molecule has 9 heteroatoms. The molecule has 0 aliphatic rings. The fourth-order valence-corrected chi connectivity index (χ4v) is 3.41. The topological polar surface area (TPSA) is 115 Å². The molecule has 0 aliphatic heterocycles. The molecule has 7 nitrogen and oxygen atoms in total. The summed E-state index contributed by atoms with van der Waals surface area (Å²) < 4.78 is 41.7. The number of hydrogen-bond donors (Lipinski definition) is 2. The summed E-state index contributed by atoms with van der Waals surface area (Å²) in [7, 11) is -3.87. The third-order valence-corrected chi connectivity index (χ3v) is 5.08. The highest BCUT2D eigenvalue weighted by molar-refractivity contribution is 7.89. The number of carbonyl (C=O) groups excluding carboxylic acids is 1. The number of carbonyl (C=O) groups is 1. The molecule has 1 amide bonds. The third-order valence-electron chi connectivity index (χ3n) is 4.03. The number of aryl methyl sites for hydroxylation is 2. The first-order valence-corrected chi connectivity index (χ1v) is 9.91. The second-order valence-corrected chi connectivity index (χ2v) is 7.73. The normalized spacial score (nSPS) is 11.4. The van der Waals surface area contributed by atoms with E-state index < -0.39 is 10.0 Å². The second-order valence-electron chi connectivity index (χ2n) is 6.20. The lowest BCUT2D eigenvalue weighted by Crippen LogP contribution is -2.16. The molecule has 3 aromatic rings. The summed E-state index contributed by atoms with van der Waals surface area (Å²) in [6, 6.07) is 10.3. The summed E-state index contributed by atoms with van der Waals surface area (Å²) in [5.74, 6) is 0.169. The Bertz CT molecular complexity index is 1110. The van der Waals surface area contributed by atoms with Gasteiger partial charge in [0.15, 0.2) is 11.7 Å². The summed E-state index contributed by atoms with van der Waals surface area (Å²) in [5.41, 5.74) is 1.51. The van der Waals surface area contributed by atoms with E-state index in [9.17, 15) is 17.6 Å². The number of rotatable bonds is 6. The fraction of sp³-hybridized carbons (Fsp3) is 0.158. The van der Waals surface area contributed by atoms with Crippen molar-refractivity contribution in [1.82, 2.24) is 4.98 Å². The molecule has 28 heavy (non-hydrogen) atoms. The number of aromatic nitrogens is 1. The Morgan fingerprint density at radius 2 is 1.93 bits per heavy atom. The number of nitrogens with zero attached hydrogens (tertiary/aromatic N) is 1. The van der Waals surface area contributed by atoms with Gasteiger partial charge in [-0.2, -0.15) is 0 Å². The van der Waals surface area contributed by atoms with Gasteiger partial charge in [-0.1, -0.05) is 6.07 Å². The molecule has 0 radical (unpaired) electrons. The van der Waals surface area contributed by atoms with Crippen LogP contribution in [-0.2, 0) is 21.2 Å². The molecular formula is C19H18FN3O4S. The lowest BCUT2D eigenvalue weighted by molar-refractivity contribution is -0.116. The minimum Gasteiger partial charge on any atom is -0.441 e. The van der Waals surface area contributed by atoms with Crippen LogP contribution in [0.25, 0.3) is 11.3 Å². The molecule has 0 saturated heterocycles. The van der Waals surface area contributed by atoms with Crippen molar-refractivity contribution >= 4 is 21.6 Å². The van der Waals surface area contributed by atoms with Gasteiger partial charge in [0, 0.05) is 24.1 Å². The predicted octanol–water partition coefficient (Wildman–Crippen LogP) is 3.01. The van der Waals surface area contributed by atoms with E-state index in [2.05, 4.69) is 10.3 Å². The van der Waals surface area contributed by atoms with Crippen molar-refractivity contribution in [3.63, 3.8) is 0 Å². The monoisotopic (exact) mass is 403 g/mol. The summed E-state index contributed by atoms with van der Waals surface area (Å²) in [4.78, 5) is 16.2. The number of benzene rings is 2. The summed E-state index contributed by atoms with van der Waals surface area (Å²) in [6.45, 7) is 1.62. The van der Waals surface area contributed by atoms with E-state index in [0.717, 1.165) is 0 Å². The average molecular weight is 403 g/mol. The molecule has 0 atom stereocenters. The number of primary sulfonamides is 1. The molecule has 1 heterocycles. The van der Waals surface area contributed by atoms with E-state index in [0.29, 0.717) is 28.5 Å². The van der Waals surface area contributed by atoms with Crippen molar-refractivity contribution in [1.29, 1.82) is 0 Å². The number of halogens is 1. The van der Waals surface area contributed by atoms with Gasteiger partial charge in [-0.3, -0.25) is 4.79 Å². The van der Waals surface area contributed by atoms with Crippen LogP contribution in [0.4, 0.5) is 10.1 Å². The number of nitrogens with two attached hydrogens (primary N) is 1. The van der Waals surface area contributed by atoms with Crippen molar-refractivity contribution in [3.8, 4) is 11.3 Å². The molecule has 0 bridgehead atoms. The summed E-state index contributed by atoms with van der Waals surface area (Å²) in [6.07, 6.45) is 1.85. The van der Waals surface area contributed by atoms with Crippen molar-refractivity contribution in [3.05, 3.63) is 65.9 Å². The Balaban J connectivity index is 1.62. The highest BCUT2D eigenvalue weighted by Gasteiger charge is 2.14. The molecule has 0 unspecified atom stereocenters. The zero-order valence-corrected chi connectivity index (χ0v) is 15.8. The highest BCUT2D eigenvalue weighted by atomic mass is 32.2. The number of amides is 1. The Morgan fingerprint density at radius 1 is 1.21 bits per heavy atom. The Morgan fingerprint density at radius 3 is 2.61 bits per heavy atom. The van der Waals surface area contributed by atoms with E-state index in [4.69, 9.17) is 9.56 Å². The zero-order valence-electron chi connectivity index (χ0n) is 15.0. The Kier molecular flexibility index (Phi) is 5.57. The maximum Gasteiger partial charge on any atom is 0.238 e. The minimum absolute atomic E-state index is 0.0399. The van der Waals surface area contributed by atoms with Gasteiger partial charge in [0.1, 0.15) is 5.82 Å². The number of hydrogen-bond acceptors (Lipinski definition) is 5. The first-order valence-electron chi connectivity index (χ1n) is 8.36. The molecule has 0 aliphatic carbocycles. The van der Waals surface area contributed by atoms with E-state index in [1.165, 1.54) is 24.4 Å².